The monoisotopic (exact) mass is 258 g/mol. The summed E-state index contributed by atoms with van der Waals surface area (Å²) in [5, 5.41) is 23.1. The molecule has 0 aromatic heterocycles. The van der Waals surface area contributed by atoms with E-state index in [-0.39, 0.29) is 0 Å². The van der Waals surface area contributed by atoms with Crippen LogP contribution in [-0.2, 0) is 9.59 Å². The number of carboxylic acid groups (broad SMARTS) is 2. The maximum Gasteiger partial charge on any atom is 0.323 e. The lowest BCUT2D eigenvalue weighted by Gasteiger charge is -2.16. The largest absolute Gasteiger partial charge is 0.480 e. The van der Waals surface area contributed by atoms with Crippen molar-refractivity contribution in [2.24, 2.45) is 0 Å². The van der Waals surface area contributed by atoms with E-state index >= 15 is 0 Å². The quantitative estimate of drug-likeness (QED) is 0.573. The van der Waals surface area contributed by atoms with Crippen LogP contribution in [0.5, 0.6) is 0 Å². The van der Waals surface area contributed by atoms with E-state index in [0.29, 0.717) is 0 Å². The predicted octanol–water partition coefficient (Wildman–Crippen LogP) is 0.426. The van der Waals surface area contributed by atoms with Crippen LogP contribution >= 0.6 is 0 Å². The molecule has 2 rings (SSSR count). The minimum absolute atomic E-state index is 0.639. The van der Waals surface area contributed by atoms with Crippen LogP contribution in [0.2, 0.25) is 0 Å². The number of carbonyl (C=O) groups is 2. The molecule has 104 valence electrons. The highest BCUT2D eigenvalue weighted by Crippen LogP contribution is 2.18. The Balaban J connectivity index is 0.000000180. The van der Waals surface area contributed by atoms with Crippen LogP contribution in [0.1, 0.15) is 39.5 Å². The number of rotatable bonds is 2. The highest BCUT2D eigenvalue weighted by atomic mass is 16.4. The lowest BCUT2D eigenvalue weighted by molar-refractivity contribution is -0.144. The molecule has 2 saturated heterocycles. The first-order valence-electron chi connectivity index (χ1n) is 6.27. The second kappa shape index (κ2) is 5.67. The van der Waals surface area contributed by atoms with Crippen LogP contribution in [0.15, 0.2) is 0 Å². The topological polar surface area (TPSA) is 98.7 Å². The van der Waals surface area contributed by atoms with E-state index in [0.717, 1.165) is 38.8 Å². The molecule has 2 heterocycles. The molecule has 2 aliphatic rings. The molecule has 2 aliphatic heterocycles. The molecule has 0 radical (unpaired) electrons. The first kappa shape index (κ1) is 14.9. The van der Waals surface area contributed by atoms with Gasteiger partial charge in [-0.2, -0.15) is 0 Å². The summed E-state index contributed by atoms with van der Waals surface area (Å²) in [4.78, 5) is 20.9. The average Bonchev–Trinajstić information content (AvgIpc) is 2.90. The molecule has 6 nitrogen and oxygen atoms in total. The van der Waals surface area contributed by atoms with Gasteiger partial charge in [-0.25, -0.2) is 0 Å². The Morgan fingerprint density at radius 1 is 0.889 bits per heavy atom. The second-order valence-corrected chi connectivity index (χ2v) is 5.34. The van der Waals surface area contributed by atoms with Crippen molar-refractivity contribution in [2.75, 3.05) is 13.1 Å². The molecule has 0 aliphatic carbocycles. The maximum atomic E-state index is 10.5. The molecule has 6 heteroatoms. The van der Waals surface area contributed by atoms with Gasteiger partial charge >= 0.3 is 11.9 Å². The SMILES string of the molecule is C[C@@]1(C(=O)O)CCCN1.C[C@@]1(C(=O)O)CCCN1. The molecule has 2 fully saturated rings. The molecule has 4 N–H and O–H groups in total. The van der Waals surface area contributed by atoms with Crippen LogP contribution in [0.3, 0.4) is 0 Å². The van der Waals surface area contributed by atoms with Gasteiger partial charge in [0.25, 0.3) is 0 Å². The van der Waals surface area contributed by atoms with E-state index in [4.69, 9.17) is 10.2 Å². The summed E-state index contributed by atoms with van der Waals surface area (Å²) in [6, 6.07) is 0. The molecule has 2 atom stereocenters. The Kier molecular flexibility index (Phi) is 4.70. The normalized spacial score (nSPS) is 34.8. The number of hydrogen-bond acceptors (Lipinski definition) is 4. The van der Waals surface area contributed by atoms with Crippen LogP contribution in [-0.4, -0.2) is 46.3 Å². The summed E-state index contributed by atoms with van der Waals surface area (Å²) in [6.45, 7) is 5.12. The Labute approximate surface area is 107 Å². The van der Waals surface area contributed by atoms with Gasteiger partial charge in [-0.15, -0.1) is 0 Å². The van der Waals surface area contributed by atoms with Crippen LogP contribution in [0.25, 0.3) is 0 Å². The average molecular weight is 258 g/mol. The zero-order valence-electron chi connectivity index (χ0n) is 11.0. The fraction of sp³-hybridized carbons (Fsp3) is 0.833. The zero-order valence-corrected chi connectivity index (χ0v) is 11.0. The van der Waals surface area contributed by atoms with Crippen molar-refractivity contribution in [3.63, 3.8) is 0 Å². The number of nitrogens with one attached hydrogen (secondary N) is 2. The molecule has 0 aromatic carbocycles. The fourth-order valence-electron chi connectivity index (χ4n) is 2.15. The molecule has 0 bridgehead atoms. The third-order valence-corrected chi connectivity index (χ3v) is 3.68. The van der Waals surface area contributed by atoms with Gasteiger partial charge in [0, 0.05) is 0 Å². The van der Waals surface area contributed by atoms with Crippen LogP contribution in [0, 0.1) is 0 Å². The van der Waals surface area contributed by atoms with Gasteiger partial charge < -0.3 is 20.8 Å². The van der Waals surface area contributed by atoms with Gasteiger partial charge in [0.05, 0.1) is 0 Å². The van der Waals surface area contributed by atoms with E-state index in [2.05, 4.69) is 10.6 Å². The highest BCUT2D eigenvalue weighted by molar-refractivity contribution is 5.78. The molecular weight excluding hydrogens is 236 g/mol. The predicted molar refractivity (Wildman–Crippen MR) is 66.6 cm³/mol. The van der Waals surface area contributed by atoms with Crippen molar-refractivity contribution in [1.82, 2.24) is 10.6 Å². The van der Waals surface area contributed by atoms with E-state index in [1.165, 1.54) is 0 Å². The molecule has 0 amide bonds. The Morgan fingerprint density at radius 3 is 1.33 bits per heavy atom. The molecule has 0 spiro atoms. The minimum Gasteiger partial charge on any atom is -0.480 e. The summed E-state index contributed by atoms with van der Waals surface area (Å²) in [5.74, 6) is -1.47. The number of aliphatic carboxylic acids is 2. The van der Waals surface area contributed by atoms with Gasteiger partial charge in [0.2, 0.25) is 0 Å². The number of hydrogen-bond donors (Lipinski definition) is 4. The zero-order chi connectivity index (χ0) is 13.8. The fourth-order valence-corrected chi connectivity index (χ4v) is 2.15. The van der Waals surface area contributed by atoms with Crippen molar-refractivity contribution in [2.45, 2.75) is 50.6 Å². The van der Waals surface area contributed by atoms with Gasteiger partial charge in [-0.05, 0) is 52.6 Å². The molecule has 0 aromatic rings. The van der Waals surface area contributed by atoms with Crippen LogP contribution < -0.4 is 10.6 Å². The summed E-state index contributed by atoms with van der Waals surface area (Å²) >= 11 is 0. The summed E-state index contributed by atoms with van der Waals surface area (Å²) in [7, 11) is 0. The lowest BCUT2D eigenvalue weighted by atomic mass is 10.0. The Bertz CT molecular complexity index is 286. The van der Waals surface area contributed by atoms with Crippen molar-refractivity contribution < 1.29 is 19.8 Å². The molecule has 0 unspecified atom stereocenters. The van der Waals surface area contributed by atoms with Crippen molar-refractivity contribution in [1.29, 1.82) is 0 Å². The van der Waals surface area contributed by atoms with Crippen molar-refractivity contribution in [3.05, 3.63) is 0 Å². The third-order valence-electron chi connectivity index (χ3n) is 3.68. The first-order chi connectivity index (χ1) is 8.30. The second-order valence-electron chi connectivity index (χ2n) is 5.34. The summed E-state index contributed by atoms with van der Waals surface area (Å²) in [6.07, 6.45) is 3.45. The summed E-state index contributed by atoms with van der Waals surface area (Å²) < 4.78 is 0. The molecule has 18 heavy (non-hydrogen) atoms. The van der Waals surface area contributed by atoms with E-state index < -0.39 is 23.0 Å². The van der Waals surface area contributed by atoms with Gasteiger partial charge in [0.1, 0.15) is 11.1 Å². The Morgan fingerprint density at radius 2 is 1.22 bits per heavy atom. The van der Waals surface area contributed by atoms with E-state index in [9.17, 15) is 9.59 Å². The van der Waals surface area contributed by atoms with Gasteiger partial charge in [0.15, 0.2) is 0 Å². The standard InChI is InChI=1S/2C6H11NO2/c2*1-6(5(8)9)3-2-4-7-6/h2*7H,2-4H2,1H3,(H,8,9)/t2*6-/m00/s1. The van der Waals surface area contributed by atoms with Gasteiger partial charge in [-0.3, -0.25) is 9.59 Å². The maximum absolute atomic E-state index is 10.5. The van der Waals surface area contributed by atoms with Gasteiger partial charge in [-0.1, -0.05) is 0 Å². The number of carboxylic acids is 2. The first-order valence-corrected chi connectivity index (χ1v) is 6.27. The van der Waals surface area contributed by atoms with E-state index in [1.54, 1.807) is 13.8 Å². The smallest absolute Gasteiger partial charge is 0.323 e. The van der Waals surface area contributed by atoms with Crippen molar-refractivity contribution >= 4 is 11.9 Å². The van der Waals surface area contributed by atoms with Crippen LogP contribution in [0.4, 0.5) is 0 Å². The molecular formula is C12H22N2O4. The third kappa shape index (κ3) is 3.43. The summed E-state index contributed by atoms with van der Waals surface area (Å²) in [5.41, 5.74) is -1.28. The molecule has 0 saturated carbocycles. The van der Waals surface area contributed by atoms with Crippen molar-refractivity contribution in [3.8, 4) is 0 Å². The highest BCUT2D eigenvalue weighted by Gasteiger charge is 2.36. The minimum atomic E-state index is -0.736. The lowest BCUT2D eigenvalue weighted by Crippen LogP contribution is -2.44. The van der Waals surface area contributed by atoms with E-state index in [1.807, 2.05) is 0 Å². The Hall–Kier alpha value is -1.14.